The molecule has 1 fully saturated rings. The highest BCUT2D eigenvalue weighted by molar-refractivity contribution is 5.73. The maximum absolute atomic E-state index is 13.5. The number of carboxylic acid groups (broad SMARTS) is 2. The molecule has 3 heterocycles. The fourth-order valence-electron chi connectivity index (χ4n) is 4.08. The van der Waals surface area contributed by atoms with E-state index in [1.54, 1.807) is 12.1 Å². The maximum Gasteiger partial charge on any atom is 0.490 e. The maximum atomic E-state index is 13.5. The molecular formula is C23H27F7N4O4. The molecule has 38 heavy (non-hydrogen) atoms. The van der Waals surface area contributed by atoms with E-state index in [1.165, 1.54) is 32.0 Å². The SMILES string of the molecule is Fc1cccc(CN2Cc3nccn3CC(CN3CCCC3)C2)c1.O=C(O)C(F)(F)F.O=C(O)C(F)(F)F. The van der Waals surface area contributed by atoms with Crippen molar-refractivity contribution in [3.63, 3.8) is 0 Å². The summed E-state index contributed by atoms with van der Waals surface area (Å²) in [5, 5.41) is 14.2. The third kappa shape index (κ3) is 10.7. The van der Waals surface area contributed by atoms with Gasteiger partial charge in [-0.2, -0.15) is 26.3 Å². The van der Waals surface area contributed by atoms with Gasteiger partial charge in [0.15, 0.2) is 0 Å². The molecule has 1 atom stereocenters. The number of likely N-dealkylation sites (tertiary alicyclic amines) is 1. The van der Waals surface area contributed by atoms with Crippen LogP contribution in [0.4, 0.5) is 30.7 Å². The largest absolute Gasteiger partial charge is 0.490 e. The molecule has 2 aliphatic rings. The Hall–Kier alpha value is -3.20. The van der Waals surface area contributed by atoms with Gasteiger partial charge in [-0.05, 0) is 43.6 Å². The second-order valence-electron chi connectivity index (χ2n) is 8.77. The number of aromatic nitrogens is 2. The van der Waals surface area contributed by atoms with Crippen LogP contribution in [0.15, 0.2) is 36.7 Å². The number of fused-ring (bicyclic) bond motifs is 1. The van der Waals surface area contributed by atoms with E-state index in [-0.39, 0.29) is 5.82 Å². The molecule has 2 N–H and O–H groups in total. The summed E-state index contributed by atoms with van der Waals surface area (Å²) < 4.78 is 79.3. The van der Waals surface area contributed by atoms with Gasteiger partial charge >= 0.3 is 24.3 Å². The molecule has 0 radical (unpaired) electrons. The van der Waals surface area contributed by atoms with Gasteiger partial charge in [0.2, 0.25) is 0 Å². The van der Waals surface area contributed by atoms with Gasteiger partial charge in [-0.1, -0.05) is 12.1 Å². The Morgan fingerprint density at radius 1 is 0.947 bits per heavy atom. The molecule has 1 saturated heterocycles. The second kappa shape index (κ2) is 13.6. The molecule has 2 aromatic rings. The number of benzene rings is 1. The van der Waals surface area contributed by atoms with Crippen molar-refractivity contribution in [2.24, 2.45) is 5.92 Å². The number of aliphatic carboxylic acids is 2. The Bertz CT molecular complexity index is 1030. The lowest BCUT2D eigenvalue weighted by Gasteiger charge is -2.27. The lowest BCUT2D eigenvalue weighted by molar-refractivity contribution is -0.193. The van der Waals surface area contributed by atoms with Crippen LogP contribution in [0.3, 0.4) is 0 Å². The Labute approximate surface area is 213 Å². The molecule has 1 unspecified atom stereocenters. The zero-order valence-electron chi connectivity index (χ0n) is 20.1. The molecule has 1 aromatic carbocycles. The topological polar surface area (TPSA) is 98.9 Å². The fourth-order valence-corrected chi connectivity index (χ4v) is 4.08. The molecule has 2 aliphatic heterocycles. The van der Waals surface area contributed by atoms with Gasteiger partial charge in [0.05, 0.1) is 6.54 Å². The van der Waals surface area contributed by atoms with Crippen LogP contribution in [0.2, 0.25) is 0 Å². The molecule has 8 nitrogen and oxygen atoms in total. The van der Waals surface area contributed by atoms with Crippen molar-refractivity contribution in [1.29, 1.82) is 0 Å². The van der Waals surface area contributed by atoms with E-state index in [1.807, 2.05) is 12.3 Å². The molecule has 15 heteroatoms. The van der Waals surface area contributed by atoms with Crippen LogP contribution in [-0.4, -0.2) is 80.0 Å². The van der Waals surface area contributed by atoms with E-state index < -0.39 is 24.3 Å². The van der Waals surface area contributed by atoms with Gasteiger partial charge in [0.25, 0.3) is 0 Å². The first-order valence-electron chi connectivity index (χ1n) is 11.4. The third-order valence-corrected chi connectivity index (χ3v) is 5.63. The van der Waals surface area contributed by atoms with Crippen molar-refractivity contribution in [3.8, 4) is 0 Å². The first kappa shape index (κ1) is 31.0. The van der Waals surface area contributed by atoms with E-state index >= 15 is 0 Å². The number of rotatable bonds is 4. The van der Waals surface area contributed by atoms with E-state index in [4.69, 9.17) is 19.8 Å². The number of nitrogens with zero attached hydrogens (tertiary/aromatic N) is 4. The lowest BCUT2D eigenvalue weighted by Crippen LogP contribution is -2.35. The van der Waals surface area contributed by atoms with Crippen molar-refractivity contribution < 1.29 is 50.5 Å². The van der Waals surface area contributed by atoms with Crippen LogP contribution >= 0.6 is 0 Å². The normalized spacial score (nSPS) is 18.3. The summed E-state index contributed by atoms with van der Waals surface area (Å²) in [4.78, 5) is 27.3. The molecule has 0 aliphatic carbocycles. The summed E-state index contributed by atoms with van der Waals surface area (Å²) in [6.07, 6.45) is -3.52. The zero-order chi connectivity index (χ0) is 28.5. The zero-order valence-corrected chi connectivity index (χ0v) is 20.1. The predicted molar refractivity (Wildman–Crippen MR) is 119 cm³/mol. The first-order chi connectivity index (χ1) is 17.6. The Morgan fingerprint density at radius 3 is 2.05 bits per heavy atom. The van der Waals surface area contributed by atoms with Crippen molar-refractivity contribution in [2.75, 3.05) is 26.2 Å². The van der Waals surface area contributed by atoms with Crippen LogP contribution in [-0.2, 0) is 29.2 Å². The highest BCUT2D eigenvalue weighted by Gasteiger charge is 2.38. The standard InChI is InChI=1S/C19H25FN4.2C2HF3O2/c20-18-5-3-4-16(10-18)11-23-13-17(12-22-7-1-2-8-22)14-24-9-6-21-19(24)15-23;2*3-2(4,5)1(6)7/h3-6,9-10,17H,1-2,7-8,11-15H2;2*(H,6,7). The number of hydrogen-bond acceptors (Lipinski definition) is 5. The minimum absolute atomic E-state index is 0.155. The van der Waals surface area contributed by atoms with Gasteiger partial charge in [0, 0.05) is 44.5 Å². The molecular weight excluding hydrogens is 529 g/mol. The molecule has 1 aromatic heterocycles. The number of halogens is 7. The molecule has 0 spiro atoms. The van der Waals surface area contributed by atoms with E-state index in [9.17, 15) is 30.7 Å². The van der Waals surface area contributed by atoms with Crippen molar-refractivity contribution in [2.45, 2.75) is 44.8 Å². The summed E-state index contributed by atoms with van der Waals surface area (Å²) in [6.45, 7) is 7.30. The average Bonchev–Trinajstić information content (AvgIpc) is 3.42. The first-order valence-corrected chi connectivity index (χ1v) is 11.4. The lowest BCUT2D eigenvalue weighted by atomic mass is 10.1. The minimum atomic E-state index is -5.08. The molecule has 212 valence electrons. The second-order valence-corrected chi connectivity index (χ2v) is 8.77. The van der Waals surface area contributed by atoms with E-state index in [2.05, 4.69) is 25.5 Å². The number of alkyl halides is 6. The number of hydrogen-bond donors (Lipinski definition) is 2. The Morgan fingerprint density at radius 2 is 1.53 bits per heavy atom. The highest BCUT2D eigenvalue weighted by Crippen LogP contribution is 2.21. The van der Waals surface area contributed by atoms with Crippen LogP contribution in [0.25, 0.3) is 0 Å². The smallest absolute Gasteiger partial charge is 0.475 e. The van der Waals surface area contributed by atoms with E-state index in [0.29, 0.717) is 5.92 Å². The van der Waals surface area contributed by atoms with Crippen molar-refractivity contribution in [3.05, 3.63) is 53.9 Å². The van der Waals surface area contributed by atoms with Gasteiger partial charge in [0.1, 0.15) is 11.6 Å². The molecule has 0 bridgehead atoms. The predicted octanol–water partition coefficient (Wildman–Crippen LogP) is 4.02. The van der Waals surface area contributed by atoms with Gasteiger partial charge in [-0.15, -0.1) is 0 Å². The van der Waals surface area contributed by atoms with Gasteiger partial charge in [-0.3, -0.25) is 4.90 Å². The van der Waals surface area contributed by atoms with Gasteiger partial charge < -0.3 is 19.7 Å². The summed E-state index contributed by atoms with van der Waals surface area (Å²) >= 11 is 0. The Balaban J connectivity index is 0.000000301. The Kier molecular flexibility index (Phi) is 11.1. The summed E-state index contributed by atoms with van der Waals surface area (Å²) in [7, 11) is 0. The van der Waals surface area contributed by atoms with Crippen LogP contribution < -0.4 is 0 Å². The third-order valence-electron chi connectivity index (χ3n) is 5.63. The summed E-state index contributed by atoms with van der Waals surface area (Å²) in [6, 6.07) is 6.96. The molecule has 4 rings (SSSR count). The van der Waals surface area contributed by atoms with E-state index in [0.717, 1.165) is 44.1 Å². The number of carbonyl (C=O) groups is 2. The van der Waals surface area contributed by atoms with Crippen LogP contribution in [0.5, 0.6) is 0 Å². The summed E-state index contributed by atoms with van der Waals surface area (Å²) in [5.74, 6) is -3.96. The van der Waals surface area contributed by atoms with Gasteiger partial charge in [-0.25, -0.2) is 19.0 Å². The van der Waals surface area contributed by atoms with Crippen molar-refractivity contribution >= 4 is 11.9 Å². The van der Waals surface area contributed by atoms with Crippen molar-refractivity contribution in [1.82, 2.24) is 19.4 Å². The average molecular weight is 556 g/mol. The number of imidazole rings is 1. The minimum Gasteiger partial charge on any atom is -0.475 e. The molecule has 0 amide bonds. The quantitative estimate of drug-likeness (QED) is 0.549. The highest BCUT2D eigenvalue weighted by atomic mass is 19.4. The van der Waals surface area contributed by atoms with Crippen LogP contribution in [0.1, 0.15) is 24.2 Å². The molecule has 0 saturated carbocycles. The summed E-state index contributed by atoms with van der Waals surface area (Å²) in [5.41, 5.74) is 1.04. The van der Waals surface area contributed by atoms with Crippen LogP contribution in [0, 0.1) is 11.7 Å². The monoisotopic (exact) mass is 556 g/mol. The number of carboxylic acids is 2. The fraction of sp³-hybridized carbons (Fsp3) is 0.522.